The number of carbonyl (C=O) groups excluding carboxylic acids is 1. The summed E-state index contributed by atoms with van der Waals surface area (Å²) in [5.74, 6) is -0.170. The number of hydrogen-bond donors (Lipinski definition) is 2. The third kappa shape index (κ3) is 5.64. The zero-order valence-corrected chi connectivity index (χ0v) is 16.8. The Balaban J connectivity index is 0.00000289. The van der Waals surface area contributed by atoms with Gasteiger partial charge in [-0.25, -0.2) is 0 Å². The van der Waals surface area contributed by atoms with Crippen molar-refractivity contribution in [2.45, 2.75) is 4.90 Å². The number of nitrogens with one attached hydrogen (secondary N) is 1. The van der Waals surface area contributed by atoms with E-state index in [1.54, 1.807) is 30.3 Å². The van der Waals surface area contributed by atoms with Gasteiger partial charge in [0.1, 0.15) is 5.71 Å². The van der Waals surface area contributed by atoms with Gasteiger partial charge in [-0.15, -0.1) is 0 Å². The maximum absolute atomic E-state index is 12.2. The van der Waals surface area contributed by atoms with Crippen LogP contribution >= 0.6 is 0 Å². The summed E-state index contributed by atoms with van der Waals surface area (Å²) in [6, 6.07) is 19.8. The predicted octanol–water partition coefficient (Wildman–Crippen LogP) is 4.11. The Morgan fingerprint density at radius 1 is 0.781 bits per heavy atom. The van der Waals surface area contributed by atoms with Crippen LogP contribution in [0.4, 0.5) is 17.1 Å². The number of allylic oxidation sites excluding steroid dienone is 1. The number of hydrazone groups is 1. The monoisotopic (exact) mass is 456 g/mol. The summed E-state index contributed by atoms with van der Waals surface area (Å²) in [5.41, 5.74) is 6.61. The molecule has 0 spiro atoms. The molecule has 32 heavy (non-hydrogen) atoms. The van der Waals surface area contributed by atoms with E-state index < -0.39 is 10.1 Å². The molecule has 0 radical (unpaired) electrons. The van der Waals surface area contributed by atoms with Gasteiger partial charge in [0.2, 0.25) is 5.78 Å². The molecular formula is C22H17N4NaO4S. The third-order valence-electron chi connectivity index (χ3n) is 4.44. The van der Waals surface area contributed by atoms with Gasteiger partial charge in [-0.05, 0) is 60.2 Å². The minimum absolute atomic E-state index is 0. The Labute approximate surface area is 206 Å². The van der Waals surface area contributed by atoms with Crippen LogP contribution in [0.2, 0.25) is 0 Å². The molecular weight excluding hydrogens is 439 g/mol. The normalized spacial score (nSPS) is 14.3. The molecule has 0 saturated carbocycles. The molecule has 3 aromatic rings. The van der Waals surface area contributed by atoms with Gasteiger partial charge in [-0.3, -0.25) is 14.8 Å². The van der Waals surface area contributed by atoms with Crippen LogP contribution in [0.15, 0.2) is 99.1 Å². The van der Waals surface area contributed by atoms with E-state index in [0.29, 0.717) is 22.8 Å². The van der Waals surface area contributed by atoms with Crippen molar-refractivity contribution in [1.82, 2.24) is 0 Å². The van der Waals surface area contributed by atoms with E-state index in [-0.39, 0.29) is 40.2 Å². The molecule has 3 aromatic carbocycles. The van der Waals surface area contributed by atoms with Gasteiger partial charge in [-0.2, -0.15) is 23.7 Å². The number of azo groups is 1. The summed E-state index contributed by atoms with van der Waals surface area (Å²) in [4.78, 5) is 12.0. The second-order valence-electron chi connectivity index (χ2n) is 6.57. The van der Waals surface area contributed by atoms with Crippen molar-refractivity contribution in [1.29, 1.82) is 0 Å². The molecule has 0 bridgehead atoms. The van der Waals surface area contributed by atoms with Crippen molar-refractivity contribution in [3.63, 3.8) is 0 Å². The van der Waals surface area contributed by atoms with E-state index in [9.17, 15) is 13.2 Å². The van der Waals surface area contributed by atoms with Crippen LogP contribution in [0.1, 0.15) is 11.1 Å². The molecule has 0 amide bonds. The predicted molar refractivity (Wildman–Crippen MR) is 125 cm³/mol. The average Bonchev–Trinajstić information content (AvgIpc) is 2.77. The number of anilines is 1. The summed E-state index contributed by atoms with van der Waals surface area (Å²) in [6.07, 6.45) is 3.27. The third-order valence-corrected chi connectivity index (χ3v) is 5.31. The summed E-state index contributed by atoms with van der Waals surface area (Å²) in [7, 11) is -4.24. The van der Waals surface area contributed by atoms with Crippen LogP contribution in [0.5, 0.6) is 0 Å². The molecule has 0 saturated heterocycles. The van der Waals surface area contributed by atoms with E-state index in [0.717, 1.165) is 11.1 Å². The van der Waals surface area contributed by atoms with Crippen molar-refractivity contribution in [2.24, 2.45) is 15.3 Å². The first-order valence-corrected chi connectivity index (χ1v) is 10.6. The zero-order valence-electron chi connectivity index (χ0n) is 16.0. The Morgan fingerprint density at radius 3 is 2.00 bits per heavy atom. The Morgan fingerprint density at radius 2 is 1.38 bits per heavy atom. The van der Waals surface area contributed by atoms with E-state index in [4.69, 9.17) is 4.55 Å². The summed E-state index contributed by atoms with van der Waals surface area (Å²) >= 11 is 0. The molecule has 0 fully saturated rings. The Kier molecular flexibility index (Phi) is 7.49. The molecule has 4 rings (SSSR count). The Hall–Kier alpha value is -2.95. The van der Waals surface area contributed by atoms with E-state index in [2.05, 4.69) is 20.8 Å². The van der Waals surface area contributed by atoms with Gasteiger partial charge in [0.25, 0.3) is 10.1 Å². The molecule has 8 nitrogen and oxygen atoms in total. The number of carbonyl (C=O) groups is 1. The van der Waals surface area contributed by atoms with Crippen molar-refractivity contribution >= 4 is 74.3 Å². The molecule has 1 aliphatic carbocycles. The van der Waals surface area contributed by atoms with Crippen molar-refractivity contribution in [2.75, 3.05) is 5.43 Å². The van der Waals surface area contributed by atoms with Gasteiger partial charge in [0.15, 0.2) is 0 Å². The molecule has 0 aliphatic heterocycles. The van der Waals surface area contributed by atoms with Gasteiger partial charge in [-0.1, -0.05) is 30.3 Å². The standard InChI is InChI=1S/C22H16N4O4S.Na.H/c27-21-14-5-15-3-1-2-4-20(15)22(21)26-25-17-8-6-16(7-9-17)23-24-18-10-12-19(13-11-18)31(28,29)30;;/h1-14,25H,(H,28,29,30);;/b24-23?,26-22-;;. The second-order valence-corrected chi connectivity index (χ2v) is 7.99. The molecule has 0 atom stereocenters. The quantitative estimate of drug-likeness (QED) is 0.259. The summed E-state index contributed by atoms with van der Waals surface area (Å²) < 4.78 is 31.1. The van der Waals surface area contributed by atoms with Crippen LogP contribution in [0.3, 0.4) is 0 Å². The average molecular weight is 456 g/mol. The van der Waals surface area contributed by atoms with Crippen molar-refractivity contribution < 1.29 is 17.8 Å². The van der Waals surface area contributed by atoms with E-state index >= 15 is 0 Å². The maximum atomic E-state index is 12.2. The van der Waals surface area contributed by atoms with E-state index in [1.807, 2.05) is 24.3 Å². The topological polar surface area (TPSA) is 121 Å². The second kappa shape index (κ2) is 10.1. The van der Waals surface area contributed by atoms with Gasteiger partial charge in [0.05, 0.1) is 22.0 Å². The SMILES string of the molecule is O=C1C=Cc2ccccc2/C1=N/Nc1ccc(N=Nc2ccc(S(=O)(=O)O)cc2)cc1.[NaH]. The molecule has 0 heterocycles. The molecule has 1 aliphatic rings. The molecule has 0 unspecified atom stereocenters. The Bertz CT molecular complexity index is 1330. The molecule has 2 N–H and O–H groups in total. The van der Waals surface area contributed by atoms with Crippen molar-refractivity contribution in [3.8, 4) is 0 Å². The van der Waals surface area contributed by atoms with E-state index in [1.165, 1.54) is 30.3 Å². The number of nitrogens with zero attached hydrogens (tertiary/aromatic N) is 3. The number of fused-ring (bicyclic) bond motifs is 1. The number of benzene rings is 3. The fourth-order valence-electron chi connectivity index (χ4n) is 2.87. The van der Waals surface area contributed by atoms with Gasteiger partial charge >= 0.3 is 29.6 Å². The minimum atomic E-state index is -4.24. The number of ketones is 1. The van der Waals surface area contributed by atoms with Crippen LogP contribution in [0, 0.1) is 0 Å². The summed E-state index contributed by atoms with van der Waals surface area (Å²) in [5, 5.41) is 12.4. The zero-order chi connectivity index (χ0) is 21.8. The van der Waals surface area contributed by atoms with Crippen molar-refractivity contribution in [3.05, 3.63) is 90.0 Å². The molecule has 10 heteroatoms. The first-order chi connectivity index (χ1) is 14.9. The van der Waals surface area contributed by atoms with Gasteiger partial charge < -0.3 is 0 Å². The molecule has 0 aromatic heterocycles. The van der Waals surface area contributed by atoms with Crippen LogP contribution in [-0.2, 0) is 14.9 Å². The van der Waals surface area contributed by atoms with Crippen LogP contribution in [0.25, 0.3) is 6.08 Å². The molecule has 156 valence electrons. The fraction of sp³-hybridized carbons (Fsp3) is 0. The van der Waals surface area contributed by atoms with Crippen LogP contribution < -0.4 is 5.43 Å². The fourth-order valence-corrected chi connectivity index (χ4v) is 3.35. The first kappa shape index (κ1) is 23.7. The van der Waals surface area contributed by atoms with Crippen LogP contribution in [-0.4, -0.2) is 54.0 Å². The van der Waals surface area contributed by atoms with Gasteiger partial charge in [0, 0.05) is 5.56 Å². The number of rotatable bonds is 5. The summed E-state index contributed by atoms with van der Waals surface area (Å²) in [6.45, 7) is 0. The first-order valence-electron chi connectivity index (χ1n) is 9.15. The number of hydrogen-bond acceptors (Lipinski definition) is 7.